The van der Waals surface area contributed by atoms with Gasteiger partial charge in [-0.25, -0.2) is 9.50 Å². The predicted molar refractivity (Wildman–Crippen MR) is 94.9 cm³/mol. The second-order valence-corrected chi connectivity index (χ2v) is 6.83. The van der Waals surface area contributed by atoms with E-state index in [9.17, 15) is 18.0 Å². The van der Waals surface area contributed by atoms with Gasteiger partial charge in [-0.2, -0.15) is 18.3 Å². The molecule has 0 atom stereocenters. The van der Waals surface area contributed by atoms with Crippen LogP contribution >= 0.6 is 11.6 Å². The molecule has 0 radical (unpaired) electrons. The summed E-state index contributed by atoms with van der Waals surface area (Å²) >= 11 is 6.23. The van der Waals surface area contributed by atoms with E-state index in [1.165, 1.54) is 10.6 Å². The number of anilines is 1. The molecule has 140 valence electrons. The van der Waals surface area contributed by atoms with Crippen LogP contribution in [0.4, 0.5) is 18.9 Å². The molecule has 1 aromatic carbocycles. The molecule has 0 spiro atoms. The third-order valence-corrected chi connectivity index (χ3v) is 4.81. The summed E-state index contributed by atoms with van der Waals surface area (Å²) in [6.07, 6.45) is -4.03. The molecule has 1 N–H and O–H groups in total. The third-order valence-electron chi connectivity index (χ3n) is 4.51. The number of pyridine rings is 1. The number of carbonyl (C=O) groups is 1. The molecule has 27 heavy (non-hydrogen) atoms. The van der Waals surface area contributed by atoms with Crippen LogP contribution in [0.25, 0.3) is 16.9 Å². The van der Waals surface area contributed by atoms with Crippen molar-refractivity contribution >= 4 is 28.8 Å². The number of alkyl halides is 3. The number of aryl methyl sites for hydroxylation is 2. The summed E-state index contributed by atoms with van der Waals surface area (Å²) in [6.45, 7) is 3.40. The van der Waals surface area contributed by atoms with E-state index in [-0.39, 0.29) is 28.6 Å². The molecule has 0 unspecified atom stereocenters. The fraction of sp³-hybridized carbons (Fsp3) is 0.278. The van der Waals surface area contributed by atoms with E-state index < -0.39 is 11.7 Å². The van der Waals surface area contributed by atoms with Crippen molar-refractivity contribution in [3.05, 3.63) is 45.7 Å². The van der Waals surface area contributed by atoms with Crippen molar-refractivity contribution in [1.29, 1.82) is 0 Å². The Morgan fingerprint density at radius 1 is 1.30 bits per heavy atom. The van der Waals surface area contributed by atoms with Crippen LogP contribution in [-0.4, -0.2) is 20.5 Å². The molecule has 4 rings (SSSR count). The summed E-state index contributed by atoms with van der Waals surface area (Å²) in [7, 11) is 0. The normalized spacial score (nSPS) is 13.9. The van der Waals surface area contributed by atoms with Crippen LogP contribution in [0.1, 0.15) is 29.4 Å². The van der Waals surface area contributed by atoms with Gasteiger partial charge in [-0.1, -0.05) is 18.5 Å². The van der Waals surface area contributed by atoms with E-state index in [4.69, 9.17) is 11.6 Å². The highest BCUT2D eigenvalue weighted by atomic mass is 35.5. The molecule has 1 aliphatic heterocycles. The molecule has 0 fully saturated rings. The lowest BCUT2D eigenvalue weighted by Gasteiger charge is -2.16. The Morgan fingerprint density at radius 3 is 2.70 bits per heavy atom. The molecule has 9 heteroatoms. The van der Waals surface area contributed by atoms with Gasteiger partial charge in [0, 0.05) is 12.0 Å². The van der Waals surface area contributed by atoms with Crippen LogP contribution in [-0.2, 0) is 23.8 Å². The van der Waals surface area contributed by atoms with Crippen molar-refractivity contribution in [2.24, 2.45) is 0 Å². The number of amides is 1. The number of rotatable bonds is 2. The zero-order valence-electron chi connectivity index (χ0n) is 14.4. The Labute approximate surface area is 157 Å². The molecule has 1 aliphatic rings. The monoisotopic (exact) mass is 394 g/mol. The van der Waals surface area contributed by atoms with Crippen LogP contribution in [0.3, 0.4) is 0 Å². The molecular formula is C18H14ClF3N4O. The smallest absolute Gasteiger partial charge is 0.324 e. The predicted octanol–water partition coefficient (Wildman–Crippen LogP) is 4.43. The first-order chi connectivity index (χ1) is 12.7. The number of carbonyl (C=O) groups excluding carboxylic acids is 1. The van der Waals surface area contributed by atoms with Gasteiger partial charge in [0.2, 0.25) is 5.91 Å². The number of aromatic nitrogens is 3. The van der Waals surface area contributed by atoms with Crippen LogP contribution in [0.2, 0.25) is 5.02 Å². The molecule has 0 bridgehead atoms. The first-order valence-electron chi connectivity index (χ1n) is 8.28. The molecule has 3 heterocycles. The lowest BCUT2D eigenvalue weighted by Crippen LogP contribution is -2.12. The van der Waals surface area contributed by atoms with Crippen molar-refractivity contribution in [2.45, 2.75) is 32.9 Å². The fourth-order valence-electron chi connectivity index (χ4n) is 3.31. The third kappa shape index (κ3) is 2.84. The van der Waals surface area contributed by atoms with E-state index in [2.05, 4.69) is 15.4 Å². The van der Waals surface area contributed by atoms with Crippen molar-refractivity contribution in [3.63, 3.8) is 0 Å². The minimum absolute atomic E-state index is 0.0663. The van der Waals surface area contributed by atoms with Gasteiger partial charge < -0.3 is 5.32 Å². The zero-order chi connectivity index (χ0) is 19.5. The maximum atomic E-state index is 13.8. The first kappa shape index (κ1) is 17.8. The second kappa shape index (κ2) is 5.95. The minimum Gasteiger partial charge on any atom is -0.324 e. The van der Waals surface area contributed by atoms with E-state index in [1.807, 2.05) is 6.92 Å². The molecule has 2 aromatic heterocycles. The zero-order valence-corrected chi connectivity index (χ0v) is 15.2. The van der Waals surface area contributed by atoms with Crippen molar-refractivity contribution in [3.8, 4) is 11.3 Å². The van der Waals surface area contributed by atoms with Gasteiger partial charge in [-0.15, -0.1) is 0 Å². The Bertz CT molecular complexity index is 1100. The fourth-order valence-corrected chi connectivity index (χ4v) is 3.60. The number of nitrogens with one attached hydrogen (secondary N) is 1. The lowest BCUT2D eigenvalue weighted by molar-refractivity contribution is -0.137. The number of hydrogen-bond donors (Lipinski definition) is 1. The molecule has 0 saturated heterocycles. The molecule has 3 aromatic rings. The Balaban J connectivity index is 2.08. The van der Waals surface area contributed by atoms with Crippen molar-refractivity contribution in [1.82, 2.24) is 14.6 Å². The van der Waals surface area contributed by atoms with Crippen LogP contribution < -0.4 is 5.32 Å². The Morgan fingerprint density at radius 2 is 2.04 bits per heavy atom. The number of halogens is 4. The van der Waals surface area contributed by atoms with E-state index >= 15 is 0 Å². The maximum absolute atomic E-state index is 13.8. The number of nitrogens with zero attached hydrogens (tertiary/aromatic N) is 3. The summed E-state index contributed by atoms with van der Waals surface area (Å²) < 4.78 is 42.6. The molecule has 0 saturated carbocycles. The number of hydrogen-bond acceptors (Lipinski definition) is 3. The molecular weight excluding hydrogens is 381 g/mol. The number of fused-ring (bicyclic) bond motifs is 2. The highest BCUT2D eigenvalue weighted by Gasteiger charge is 2.37. The van der Waals surface area contributed by atoms with Gasteiger partial charge in [0.25, 0.3) is 0 Å². The summed E-state index contributed by atoms with van der Waals surface area (Å²) in [4.78, 5) is 16.0. The van der Waals surface area contributed by atoms with E-state index in [0.717, 1.165) is 6.07 Å². The average molecular weight is 395 g/mol. The lowest BCUT2D eigenvalue weighted by atomic mass is 10.0. The topological polar surface area (TPSA) is 59.3 Å². The summed E-state index contributed by atoms with van der Waals surface area (Å²) in [5, 5.41) is 7.07. The van der Waals surface area contributed by atoms with Gasteiger partial charge >= 0.3 is 6.18 Å². The van der Waals surface area contributed by atoms with Crippen LogP contribution in [0.15, 0.2) is 18.2 Å². The quantitative estimate of drug-likeness (QED) is 0.699. The van der Waals surface area contributed by atoms with Crippen molar-refractivity contribution in [2.75, 3.05) is 5.32 Å². The number of benzene rings is 1. The SMILES string of the molecule is CCc1nc2c(C)cc(C(F)(F)F)c(-c3cc(Cl)c4c(c3)CC(=O)N4)n2n1. The van der Waals surface area contributed by atoms with Crippen LogP contribution in [0, 0.1) is 6.92 Å². The average Bonchev–Trinajstić information content (AvgIpc) is 3.17. The maximum Gasteiger partial charge on any atom is 0.418 e. The highest BCUT2D eigenvalue weighted by molar-refractivity contribution is 6.34. The van der Waals surface area contributed by atoms with Gasteiger partial charge in [-0.05, 0) is 36.2 Å². The molecule has 5 nitrogen and oxygen atoms in total. The summed E-state index contributed by atoms with van der Waals surface area (Å²) in [5.41, 5.74) is 1.01. The standard InChI is InChI=1S/C18H14ClF3N4O/c1-3-13-23-17-8(2)4-11(18(20,21)22)16(26(17)25-13)10-5-9-7-14(27)24-15(9)12(19)6-10/h4-6H,3,7H2,1-2H3,(H,24,27). The Hall–Kier alpha value is -2.61. The van der Waals surface area contributed by atoms with Gasteiger partial charge in [0.05, 0.1) is 28.4 Å². The van der Waals surface area contributed by atoms with Gasteiger partial charge in [-0.3, -0.25) is 4.79 Å². The first-order valence-corrected chi connectivity index (χ1v) is 8.66. The van der Waals surface area contributed by atoms with E-state index in [1.54, 1.807) is 13.0 Å². The summed E-state index contributed by atoms with van der Waals surface area (Å²) in [5.74, 6) is 0.200. The largest absolute Gasteiger partial charge is 0.418 e. The van der Waals surface area contributed by atoms with Crippen molar-refractivity contribution < 1.29 is 18.0 Å². The minimum atomic E-state index is -4.59. The van der Waals surface area contributed by atoms with Gasteiger partial charge in [0.15, 0.2) is 11.5 Å². The second-order valence-electron chi connectivity index (χ2n) is 6.42. The molecule has 0 aliphatic carbocycles. The Kier molecular flexibility index (Phi) is 3.92. The van der Waals surface area contributed by atoms with Crippen LogP contribution in [0.5, 0.6) is 0 Å². The highest BCUT2D eigenvalue weighted by Crippen LogP contribution is 2.42. The molecule has 1 amide bonds. The van der Waals surface area contributed by atoms with Gasteiger partial charge in [0.1, 0.15) is 0 Å². The summed E-state index contributed by atoms with van der Waals surface area (Å²) in [6, 6.07) is 4.04. The van der Waals surface area contributed by atoms with E-state index in [0.29, 0.717) is 34.7 Å².